The number of furan rings is 1. The third-order valence-corrected chi connectivity index (χ3v) is 5.03. The molecule has 0 aromatic carbocycles. The van der Waals surface area contributed by atoms with Gasteiger partial charge in [0, 0.05) is 20.7 Å². The van der Waals surface area contributed by atoms with E-state index in [2.05, 4.69) is 5.32 Å². The van der Waals surface area contributed by atoms with Gasteiger partial charge in [-0.15, -0.1) is 0 Å². The minimum Gasteiger partial charge on any atom is -0.447 e. The highest BCUT2D eigenvalue weighted by Crippen LogP contribution is 2.17. The van der Waals surface area contributed by atoms with Crippen LogP contribution >= 0.6 is 0 Å². The Bertz CT molecular complexity index is 518. The van der Waals surface area contributed by atoms with Crippen molar-refractivity contribution in [3.63, 3.8) is 0 Å². The molecule has 1 unspecified atom stereocenters. The molecule has 2 rings (SSSR count). The van der Waals surface area contributed by atoms with E-state index in [-0.39, 0.29) is 5.09 Å². The fourth-order valence-electron chi connectivity index (χ4n) is 2.12. The van der Waals surface area contributed by atoms with Gasteiger partial charge < -0.3 is 14.5 Å². The highest BCUT2D eigenvalue weighted by molar-refractivity contribution is 7.88. The summed E-state index contributed by atoms with van der Waals surface area (Å²) in [6.07, 6.45) is 3.62. The van der Waals surface area contributed by atoms with Gasteiger partial charge in [0.15, 0.2) is 0 Å². The van der Waals surface area contributed by atoms with Crippen LogP contribution in [0, 0.1) is 0 Å². The first-order valence-corrected chi connectivity index (χ1v) is 8.27. The lowest BCUT2D eigenvalue weighted by Gasteiger charge is -2.09. The molecule has 2 heterocycles. The van der Waals surface area contributed by atoms with Crippen molar-refractivity contribution in [2.45, 2.75) is 37.0 Å². The summed E-state index contributed by atoms with van der Waals surface area (Å²) in [5, 5.41) is 3.23. The molecule has 20 heavy (non-hydrogen) atoms. The predicted octanol–water partition coefficient (Wildman–Crippen LogP) is 1.19. The van der Waals surface area contributed by atoms with Crippen molar-refractivity contribution in [3.8, 4) is 0 Å². The molecule has 1 fully saturated rings. The lowest BCUT2D eigenvalue weighted by Crippen LogP contribution is -2.21. The summed E-state index contributed by atoms with van der Waals surface area (Å²) in [4.78, 5) is 0. The van der Waals surface area contributed by atoms with Crippen LogP contribution in [0.2, 0.25) is 0 Å². The Morgan fingerprint density at radius 3 is 2.85 bits per heavy atom. The van der Waals surface area contributed by atoms with E-state index in [0.29, 0.717) is 18.4 Å². The zero-order chi connectivity index (χ0) is 14.6. The maximum absolute atomic E-state index is 11.8. The van der Waals surface area contributed by atoms with Gasteiger partial charge in [0.2, 0.25) is 5.09 Å². The first-order valence-electron chi connectivity index (χ1n) is 6.83. The Hall–Kier alpha value is -0.890. The molecule has 1 aromatic heterocycles. The van der Waals surface area contributed by atoms with Crippen LogP contribution < -0.4 is 5.32 Å². The number of hydrogen-bond acceptors (Lipinski definition) is 5. The van der Waals surface area contributed by atoms with Crippen LogP contribution in [0.5, 0.6) is 0 Å². The van der Waals surface area contributed by atoms with Crippen molar-refractivity contribution < 1.29 is 17.6 Å². The lowest BCUT2D eigenvalue weighted by atomic mass is 10.2. The van der Waals surface area contributed by atoms with E-state index in [4.69, 9.17) is 9.15 Å². The summed E-state index contributed by atoms with van der Waals surface area (Å²) in [6, 6.07) is 3.18. The van der Waals surface area contributed by atoms with Gasteiger partial charge in [0.25, 0.3) is 10.0 Å². The first-order chi connectivity index (χ1) is 9.50. The molecule has 0 spiro atoms. The number of nitrogens with zero attached hydrogens (tertiary/aromatic N) is 1. The van der Waals surface area contributed by atoms with Crippen LogP contribution in [0.25, 0.3) is 0 Å². The van der Waals surface area contributed by atoms with Crippen LogP contribution in [0.15, 0.2) is 21.6 Å². The summed E-state index contributed by atoms with van der Waals surface area (Å²) in [5.41, 5.74) is 0. The highest BCUT2D eigenvalue weighted by atomic mass is 32.2. The Kier molecular flexibility index (Phi) is 5.20. The molecule has 0 aliphatic carbocycles. The average molecular weight is 302 g/mol. The molecule has 6 nitrogen and oxygen atoms in total. The molecule has 1 aliphatic rings. The highest BCUT2D eigenvalue weighted by Gasteiger charge is 2.21. The Morgan fingerprint density at radius 2 is 2.20 bits per heavy atom. The number of nitrogens with one attached hydrogen (secondary N) is 1. The van der Waals surface area contributed by atoms with E-state index in [1.54, 1.807) is 6.07 Å². The van der Waals surface area contributed by atoms with Crippen molar-refractivity contribution in [2.75, 3.05) is 27.2 Å². The fourth-order valence-corrected chi connectivity index (χ4v) is 2.93. The second-order valence-corrected chi connectivity index (χ2v) is 7.19. The first kappa shape index (κ1) is 15.5. The van der Waals surface area contributed by atoms with E-state index < -0.39 is 10.0 Å². The molecule has 0 amide bonds. The van der Waals surface area contributed by atoms with Crippen LogP contribution in [-0.2, 0) is 21.3 Å². The van der Waals surface area contributed by atoms with Crippen LogP contribution in [0.4, 0.5) is 0 Å². The van der Waals surface area contributed by atoms with Gasteiger partial charge in [-0.2, -0.15) is 0 Å². The topological polar surface area (TPSA) is 71.8 Å². The number of hydrogen-bond donors (Lipinski definition) is 1. The Balaban J connectivity index is 1.78. The van der Waals surface area contributed by atoms with E-state index in [0.717, 1.165) is 36.7 Å². The van der Waals surface area contributed by atoms with Crippen LogP contribution in [-0.4, -0.2) is 46.1 Å². The third kappa shape index (κ3) is 3.82. The third-order valence-electron chi connectivity index (χ3n) is 3.34. The molecule has 0 radical (unpaired) electrons. The molecular weight excluding hydrogens is 280 g/mol. The van der Waals surface area contributed by atoms with E-state index in [9.17, 15) is 8.42 Å². The Morgan fingerprint density at radius 1 is 1.40 bits per heavy atom. The molecule has 0 saturated carbocycles. The van der Waals surface area contributed by atoms with E-state index >= 15 is 0 Å². The van der Waals surface area contributed by atoms with Gasteiger partial charge in [-0.05, 0) is 37.9 Å². The average Bonchev–Trinajstić information content (AvgIpc) is 3.06. The van der Waals surface area contributed by atoms with Crippen LogP contribution in [0.3, 0.4) is 0 Å². The summed E-state index contributed by atoms with van der Waals surface area (Å²) in [5.74, 6) is 0.623. The molecule has 0 bridgehead atoms. The Labute approximate surface area is 120 Å². The standard InChI is InChI=1S/C13H22N2O4S/c1-15(2)20(16,17)13-6-5-12(19-13)10-14-8-7-11-4-3-9-18-11/h5-6,11,14H,3-4,7-10H2,1-2H3. The monoisotopic (exact) mass is 302 g/mol. The van der Waals surface area contributed by atoms with Crippen molar-refractivity contribution in [2.24, 2.45) is 0 Å². The van der Waals surface area contributed by atoms with E-state index in [1.807, 2.05) is 0 Å². The van der Waals surface area contributed by atoms with Gasteiger partial charge >= 0.3 is 0 Å². The van der Waals surface area contributed by atoms with E-state index in [1.165, 1.54) is 20.2 Å². The molecule has 7 heteroatoms. The van der Waals surface area contributed by atoms with Gasteiger partial charge in [-0.3, -0.25) is 0 Å². The van der Waals surface area contributed by atoms with Crippen molar-refractivity contribution in [1.82, 2.24) is 9.62 Å². The second-order valence-electron chi connectivity index (χ2n) is 5.11. The van der Waals surface area contributed by atoms with Crippen molar-refractivity contribution in [1.29, 1.82) is 0 Å². The minimum atomic E-state index is -3.48. The molecule has 114 valence electrons. The largest absolute Gasteiger partial charge is 0.447 e. The smallest absolute Gasteiger partial charge is 0.275 e. The van der Waals surface area contributed by atoms with Gasteiger partial charge in [-0.25, -0.2) is 12.7 Å². The van der Waals surface area contributed by atoms with Crippen molar-refractivity contribution in [3.05, 3.63) is 17.9 Å². The van der Waals surface area contributed by atoms with Crippen molar-refractivity contribution >= 4 is 10.0 Å². The summed E-state index contributed by atoms with van der Waals surface area (Å²) in [6.45, 7) is 2.23. The maximum atomic E-state index is 11.8. The predicted molar refractivity (Wildman–Crippen MR) is 74.9 cm³/mol. The lowest BCUT2D eigenvalue weighted by molar-refractivity contribution is 0.104. The molecule has 1 atom stereocenters. The number of rotatable bonds is 7. The SMILES string of the molecule is CN(C)S(=O)(=O)c1ccc(CNCCC2CCCO2)o1. The number of ether oxygens (including phenoxy) is 1. The zero-order valence-electron chi connectivity index (χ0n) is 12.0. The minimum absolute atomic E-state index is 0.0153. The summed E-state index contributed by atoms with van der Waals surface area (Å²) in [7, 11) is -0.514. The molecular formula is C13H22N2O4S. The van der Waals surface area contributed by atoms with Gasteiger partial charge in [0.05, 0.1) is 12.6 Å². The zero-order valence-corrected chi connectivity index (χ0v) is 12.8. The summed E-state index contributed by atoms with van der Waals surface area (Å²) < 4.78 is 35.7. The molecule has 1 aliphatic heterocycles. The quantitative estimate of drug-likeness (QED) is 0.766. The normalized spacial score (nSPS) is 19.9. The van der Waals surface area contributed by atoms with Gasteiger partial charge in [0.1, 0.15) is 5.76 Å². The van der Waals surface area contributed by atoms with Gasteiger partial charge in [-0.1, -0.05) is 0 Å². The summed E-state index contributed by atoms with van der Waals surface area (Å²) >= 11 is 0. The molecule has 1 N–H and O–H groups in total. The number of sulfonamides is 1. The maximum Gasteiger partial charge on any atom is 0.275 e. The second kappa shape index (κ2) is 6.71. The van der Waals surface area contributed by atoms with Crippen LogP contribution in [0.1, 0.15) is 25.0 Å². The molecule has 1 saturated heterocycles. The fraction of sp³-hybridized carbons (Fsp3) is 0.692. The molecule has 1 aromatic rings.